The van der Waals surface area contributed by atoms with Gasteiger partial charge in [0.25, 0.3) is 0 Å². The SMILES string of the molecule is CCCCN(CCCC)S(=O)(=O)c1cc(CN)ccc1C. The van der Waals surface area contributed by atoms with Gasteiger partial charge in [-0.15, -0.1) is 0 Å². The third-order valence-corrected chi connectivity index (χ3v) is 5.67. The summed E-state index contributed by atoms with van der Waals surface area (Å²) in [6.07, 6.45) is 3.75. The van der Waals surface area contributed by atoms with Crippen molar-refractivity contribution in [2.24, 2.45) is 5.73 Å². The molecule has 0 heterocycles. The van der Waals surface area contributed by atoms with E-state index in [1.807, 2.05) is 19.1 Å². The molecule has 0 unspecified atom stereocenters. The van der Waals surface area contributed by atoms with E-state index < -0.39 is 10.0 Å². The van der Waals surface area contributed by atoms with Crippen molar-refractivity contribution in [1.82, 2.24) is 4.31 Å². The van der Waals surface area contributed by atoms with E-state index in [-0.39, 0.29) is 0 Å². The van der Waals surface area contributed by atoms with Crippen molar-refractivity contribution in [3.63, 3.8) is 0 Å². The largest absolute Gasteiger partial charge is 0.326 e. The molecule has 0 saturated heterocycles. The van der Waals surface area contributed by atoms with Gasteiger partial charge in [0, 0.05) is 19.6 Å². The Hall–Kier alpha value is -0.910. The number of nitrogens with two attached hydrogens (primary N) is 1. The number of benzene rings is 1. The van der Waals surface area contributed by atoms with Crippen LogP contribution in [0.4, 0.5) is 0 Å². The summed E-state index contributed by atoms with van der Waals surface area (Å²) in [6.45, 7) is 7.52. The van der Waals surface area contributed by atoms with Gasteiger partial charge >= 0.3 is 0 Å². The lowest BCUT2D eigenvalue weighted by Crippen LogP contribution is -2.33. The number of hydrogen-bond donors (Lipinski definition) is 1. The highest BCUT2D eigenvalue weighted by atomic mass is 32.2. The van der Waals surface area contributed by atoms with Crippen molar-refractivity contribution in [2.45, 2.75) is 57.9 Å². The lowest BCUT2D eigenvalue weighted by Gasteiger charge is -2.23. The third kappa shape index (κ3) is 4.80. The fourth-order valence-electron chi connectivity index (χ4n) is 2.21. The predicted octanol–water partition coefficient (Wildman–Crippen LogP) is 3.04. The Morgan fingerprint density at radius 1 is 1.10 bits per heavy atom. The number of nitrogens with zero attached hydrogens (tertiary/aromatic N) is 1. The van der Waals surface area contributed by atoms with Crippen LogP contribution in [0.2, 0.25) is 0 Å². The zero-order valence-electron chi connectivity index (χ0n) is 13.4. The van der Waals surface area contributed by atoms with Crippen LogP contribution in [-0.2, 0) is 16.6 Å². The molecule has 0 atom stereocenters. The molecule has 1 aromatic rings. The molecule has 0 saturated carbocycles. The Morgan fingerprint density at radius 2 is 1.67 bits per heavy atom. The standard InChI is InChI=1S/C16H28N2O2S/c1-4-6-10-18(11-7-5-2)21(19,20)16-12-15(13-17)9-8-14(16)3/h8-9,12H,4-7,10-11,13,17H2,1-3H3. The van der Waals surface area contributed by atoms with Gasteiger partial charge in [0.1, 0.15) is 0 Å². The van der Waals surface area contributed by atoms with Gasteiger partial charge in [0.15, 0.2) is 0 Å². The van der Waals surface area contributed by atoms with Gasteiger partial charge in [0.2, 0.25) is 10.0 Å². The van der Waals surface area contributed by atoms with E-state index in [2.05, 4.69) is 13.8 Å². The van der Waals surface area contributed by atoms with Crippen LogP contribution >= 0.6 is 0 Å². The number of hydrogen-bond acceptors (Lipinski definition) is 3. The first-order valence-electron chi connectivity index (χ1n) is 7.77. The topological polar surface area (TPSA) is 63.4 Å². The van der Waals surface area contributed by atoms with Crippen molar-refractivity contribution in [3.8, 4) is 0 Å². The van der Waals surface area contributed by atoms with E-state index in [0.717, 1.165) is 36.8 Å². The molecule has 5 heteroatoms. The summed E-state index contributed by atoms with van der Waals surface area (Å²) >= 11 is 0. The van der Waals surface area contributed by atoms with Gasteiger partial charge < -0.3 is 5.73 Å². The summed E-state index contributed by atoms with van der Waals surface area (Å²) < 4.78 is 27.5. The molecule has 2 N–H and O–H groups in total. The predicted molar refractivity (Wildman–Crippen MR) is 87.6 cm³/mol. The quantitative estimate of drug-likeness (QED) is 0.762. The summed E-state index contributed by atoms with van der Waals surface area (Å²) in [7, 11) is -3.43. The van der Waals surface area contributed by atoms with Gasteiger partial charge in [0.05, 0.1) is 4.90 Å². The number of sulfonamides is 1. The number of rotatable bonds is 9. The molecule has 4 nitrogen and oxygen atoms in total. The first-order chi connectivity index (χ1) is 9.97. The maximum atomic E-state index is 12.9. The highest BCUT2D eigenvalue weighted by Gasteiger charge is 2.25. The monoisotopic (exact) mass is 312 g/mol. The lowest BCUT2D eigenvalue weighted by molar-refractivity contribution is 0.395. The second-order valence-electron chi connectivity index (χ2n) is 5.42. The second-order valence-corrected chi connectivity index (χ2v) is 7.32. The Bertz CT molecular complexity index is 533. The maximum Gasteiger partial charge on any atom is 0.243 e. The summed E-state index contributed by atoms with van der Waals surface area (Å²) in [5, 5.41) is 0. The molecule has 0 aliphatic heterocycles. The number of aryl methyl sites for hydroxylation is 1. The van der Waals surface area contributed by atoms with Gasteiger partial charge in [-0.25, -0.2) is 8.42 Å². The minimum absolute atomic E-state index is 0.354. The molecule has 0 aromatic heterocycles. The van der Waals surface area contributed by atoms with E-state index in [1.54, 1.807) is 10.4 Å². The molecule has 0 bridgehead atoms. The molecular formula is C16H28N2O2S. The van der Waals surface area contributed by atoms with Crippen molar-refractivity contribution in [3.05, 3.63) is 29.3 Å². The van der Waals surface area contributed by atoms with E-state index in [9.17, 15) is 8.42 Å². The van der Waals surface area contributed by atoms with Crippen LogP contribution in [0.25, 0.3) is 0 Å². The van der Waals surface area contributed by atoms with Crippen LogP contribution < -0.4 is 5.73 Å². The molecule has 1 rings (SSSR count). The number of unbranched alkanes of at least 4 members (excludes halogenated alkanes) is 2. The molecule has 0 radical (unpaired) electrons. The fraction of sp³-hybridized carbons (Fsp3) is 0.625. The molecule has 21 heavy (non-hydrogen) atoms. The molecule has 0 amide bonds. The molecule has 0 aliphatic carbocycles. The molecule has 1 aromatic carbocycles. The highest BCUT2D eigenvalue weighted by Crippen LogP contribution is 2.22. The second kappa shape index (κ2) is 8.51. The molecule has 120 valence electrons. The summed E-state index contributed by atoms with van der Waals surface area (Å²) in [5.41, 5.74) is 7.27. The average molecular weight is 312 g/mol. The van der Waals surface area contributed by atoms with Crippen LogP contribution in [0.3, 0.4) is 0 Å². The normalized spacial score (nSPS) is 12.0. The molecular weight excluding hydrogens is 284 g/mol. The van der Waals surface area contributed by atoms with Crippen LogP contribution in [0.1, 0.15) is 50.7 Å². The van der Waals surface area contributed by atoms with E-state index >= 15 is 0 Å². The van der Waals surface area contributed by atoms with E-state index in [1.165, 1.54) is 0 Å². The van der Waals surface area contributed by atoms with Crippen molar-refractivity contribution < 1.29 is 8.42 Å². The smallest absolute Gasteiger partial charge is 0.243 e. The van der Waals surface area contributed by atoms with Crippen molar-refractivity contribution >= 4 is 10.0 Å². The Labute approximate surface area is 129 Å². The average Bonchev–Trinajstić information content (AvgIpc) is 2.47. The third-order valence-electron chi connectivity index (χ3n) is 3.63. The molecule has 0 fully saturated rings. The van der Waals surface area contributed by atoms with Crippen LogP contribution in [0.15, 0.2) is 23.1 Å². The minimum Gasteiger partial charge on any atom is -0.326 e. The zero-order valence-corrected chi connectivity index (χ0v) is 14.2. The van der Waals surface area contributed by atoms with Crippen LogP contribution in [0, 0.1) is 6.92 Å². The fourth-order valence-corrected chi connectivity index (χ4v) is 4.00. The summed E-state index contributed by atoms with van der Waals surface area (Å²) in [4.78, 5) is 0.401. The molecule has 0 spiro atoms. The first-order valence-corrected chi connectivity index (χ1v) is 9.21. The van der Waals surface area contributed by atoms with Gasteiger partial charge in [-0.05, 0) is 37.0 Å². The van der Waals surface area contributed by atoms with Gasteiger partial charge in [-0.2, -0.15) is 4.31 Å². The Morgan fingerprint density at radius 3 is 2.14 bits per heavy atom. The Balaban J connectivity index is 3.14. The minimum atomic E-state index is -3.43. The van der Waals surface area contributed by atoms with E-state index in [4.69, 9.17) is 5.73 Å². The van der Waals surface area contributed by atoms with Gasteiger partial charge in [-0.1, -0.05) is 38.8 Å². The summed E-state index contributed by atoms with van der Waals surface area (Å²) in [5.74, 6) is 0. The maximum absolute atomic E-state index is 12.9. The highest BCUT2D eigenvalue weighted by molar-refractivity contribution is 7.89. The lowest BCUT2D eigenvalue weighted by atomic mass is 10.1. The Kier molecular flexibility index (Phi) is 7.35. The first kappa shape index (κ1) is 18.1. The van der Waals surface area contributed by atoms with Crippen LogP contribution in [-0.4, -0.2) is 25.8 Å². The molecule has 0 aliphatic rings. The van der Waals surface area contributed by atoms with E-state index in [0.29, 0.717) is 24.5 Å². The van der Waals surface area contributed by atoms with Crippen molar-refractivity contribution in [1.29, 1.82) is 0 Å². The van der Waals surface area contributed by atoms with Crippen molar-refractivity contribution in [2.75, 3.05) is 13.1 Å². The van der Waals surface area contributed by atoms with Crippen LogP contribution in [0.5, 0.6) is 0 Å². The zero-order chi connectivity index (χ0) is 15.9. The van der Waals surface area contributed by atoms with Gasteiger partial charge in [-0.3, -0.25) is 0 Å². The summed E-state index contributed by atoms with van der Waals surface area (Å²) in [6, 6.07) is 5.44.